The third-order valence-electron chi connectivity index (χ3n) is 0.431. The molecule has 1 nitrogen and oxygen atoms in total. The Hall–Kier alpha value is -0.0400. The minimum absolute atomic E-state index is 1.13. The Labute approximate surface area is 39.0 Å². The number of epoxide rings is 1. The van der Waals surface area contributed by atoms with Gasteiger partial charge in [-0.2, -0.15) is 0 Å². The van der Waals surface area contributed by atoms with Crippen LogP contribution in [0.3, 0.4) is 0 Å². The molecule has 0 aromatic heterocycles. The van der Waals surface area contributed by atoms with Crippen molar-refractivity contribution in [2.45, 2.75) is 19.4 Å². The van der Waals surface area contributed by atoms with Gasteiger partial charge in [-0.05, 0) is 6.37 Å². The van der Waals surface area contributed by atoms with E-state index in [4.69, 9.17) is 6.85 Å². The van der Waals surface area contributed by atoms with Crippen molar-refractivity contribution in [1.29, 1.82) is 0 Å². The molecule has 0 spiro atoms. The molecule has 0 bridgehead atoms. The zero-order valence-electron chi connectivity index (χ0n) is 7.91. The zero-order chi connectivity index (χ0) is 8.21. The molecule has 1 heterocycles. The van der Waals surface area contributed by atoms with Gasteiger partial charge in [0.05, 0.1) is 16.8 Å². The first-order chi connectivity index (χ1) is 4.21. The molecule has 0 saturated carbocycles. The molecule has 1 unspecified atom stereocenters. The first-order valence-electron chi connectivity index (χ1n) is 3.91. The van der Waals surface area contributed by atoms with Crippen LogP contribution in [0.25, 0.3) is 0 Å². The van der Waals surface area contributed by atoms with E-state index in [2.05, 4.69) is 4.74 Å². The smallest absolute Gasteiger partial charge is 0.0807 e. The summed E-state index contributed by atoms with van der Waals surface area (Å²) in [4.78, 5) is 0. The van der Waals surface area contributed by atoms with Gasteiger partial charge in [-0.1, -0.05) is 6.92 Å². The Morgan fingerprint density at radius 2 is 3.40 bits per heavy atom. The molecule has 1 heteroatoms. The predicted octanol–water partition coefficient (Wildman–Crippen LogP) is 0.795. The van der Waals surface area contributed by atoms with E-state index in [0.29, 0.717) is 0 Å². The molecule has 1 aliphatic heterocycles. The third kappa shape index (κ3) is 0.618. The van der Waals surface area contributed by atoms with E-state index in [-0.39, 0.29) is 0 Å². The molecular formula is C4H8O. The minimum Gasteiger partial charge on any atom is -0.373 e. The van der Waals surface area contributed by atoms with E-state index in [0.717, 1.165) is 6.92 Å². The summed E-state index contributed by atoms with van der Waals surface area (Å²) >= 11 is 0. The molecule has 0 aromatic rings. The highest BCUT2D eigenvalue weighted by Gasteiger charge is 2.18. The second-order valence-electron chi connectivity index (χ2n) is 0.783. The third-order valence-corrected chi connectivity index (χ3v) is 0.431. The number of rotatable bonds is 1. The Balaban J connectivity index is 2.78. The van der Waals surface area contributed by atoms with Crippen LogP contribution in [-0.2, 0) is 4.74 Å². The van der Waals surface area contributed by atoms with Crippen LogP contribution in [0.5, 0.6) is 0 Å². The molecule has 1 fully saturated rings. The monoisotopic (exact) mass is 77.1 g/mol. The largest absolute Gasteiger partial charge is 0.373 e. The Kier molecular flexibility index (Phi) is 0.153. The highest BCUT2D eigenvalue weighted by atomic mass is 16.6. The lowest BCUT2D eigenvalue weighted by Crippen LogP contribution is -1.73. The van der Waals surface area contributed by atoms with Gasteiger partial charge < -0.3 is 4.74 Å². The van der Waals surface area contributed by atoms with Crippen LogP contribution in [-0.4, -0.2) is 12.6 Å². The maximum atomic E-state index is 7.12. The van der Waals surface area contributed by atoms with Crippen LogP contribution < -0.4 is 0 Å². The topological polar surface area (TPSA) is 12.5 Å². The lowest BCUT2D eigenvalue weighted by Gasteiger charge is -1.69. The quantitative estimate of drug-likeness (QED) is 0.422. The normalized spacial score (nSPS) is 76.6. The summed E-state index contributed by atoms with van der Waals surface area (Å²) in [6, 6.07) is 0. The highest BCUT2D eigenvalue weighted by Crippen LogP contribution is 2.10. The van der Waals surface area contributed by atoms with Crippen molar-refractivity contribution in [2.24, 2.45) is 0 Å². The maximum Gasteiger partial charge on any atom is 0.0807 e. The van der Waals surface area contributed by atoms with E-state index in [1.54, 1.807) is 0 Å². The molecule has 0 radical (unpaired) electrons. The Bertz CT molecular complexity index is 162. The van der Waals surface area contributed by atoms with Gasteiger partial charge >= 0.3 is 0 Å². The lowest BCUT2D eigenvalue weighted by molar-refractivity contribution is 0.403. The van der Waals surface area contributed by atoms with Gasteiger partial charge in [0.2, 0.25) is 0 Å². The molecule has 1 rings (SSSR count). The standard InChI is InChI=1S/C4H8O/c1-2-4-3-5-4/h4H,2-3H2,1H3/i2D2,3D2,4D. The second-order valence-corrected chi connectivity index (χ2v) is 0.783. The molecule has 0 aromatic carbocycles. The van der Waals surface area contributed by atoms with Gasteiger partial charge in [-0.25, -0.2) is 0 Å². The van der Waals surface area contributed by atoms with Gasteiger partial charge in [0.1, 0.15) is 0 Å². The predicted molar refractivity (Wildman–Crippen MR) is 20.0 cm³/mol. The van der Waals surface area contributed by atoms with Crippen LogP contribution in [0.2, 0.25) is 0 Å². The Morgan fingerprint density at radius 1 is 2.80 bits per heavy atom. The van der Waals surface area contributed by atoms with E-state index >= 15 is 0 Å². The van der Waals surface area contributed by atoms with Crippen LogP contribution in [0.1, 0.15) is 20.2 Å². The molecule has 1 atom stereocenters. The first-order valence-corrected chi connectivity index (χ1v) is 1.41. The second kappa shape index (κ2) is 0.977. The SMILES string of the molecule is [2H]C([2H])(C)C1([2H])OC1([2H])[2H]. The fourth-order valence-corrected chi connectivity index (χ4v) is 0.128. The average molecular weight is 77.1 g/mol. The summed E-state index contributed by atoms with van der Waals surface area (Å²) in [5.41, 5.74) is 0. The van der Waals surface area contributed by atoms with E-state index in [1.807, 2.05) is 0 Å². The minimum atomic E-state index is -2.12. The van der Waals surface area contributed by atoms with Gasteiger partial charge in [0.15, 0.2) is 0 Å². The lowest BCUT2D eigenvalue weighted by atomic mass is 10.4. The van der Waals surface area contributed by atoms with Crippen LogP contribution >= 0.6 is 0 Å². The average Bonchev–Trinajstić information content (AvgIpc) is 2.05. The fourth-order valence-electron chi connectivity index (χ4n) is 0.128. The van der Waals surface area contributed by atoms with Crippen molar-refractivity contribution in [2.75, 3.05) is 6.56 Å². The van der Waals surface area contributed by atoms with E-state index < -0.39 is 19.0 Å². The zero-order valence-corrected chi connectivity index (χ0v) is 2.91. The summed E-state index contributed by atoms with van der Waals surface area (Å²) in [6.07, 6.45) is -3.95. The van der Waals surface area contributed by atoms with Crippen LogP contribution in [0.15, 0.2) is 0 Å². The maximum absolute atomic E-state index is 7.12. The molecule has 0 aliphatic carbocycles. The van der Waals surface area contributed by atoms with Crippen molar-refractivity contribution < 1.29 is 11.6 Å². The van der Waals surface area contributed by atoms with Gasteiger partial charge in [-0.15, -0.1) is 0 Å². The molecule has 1 saturated heterocycles. The summed E-state index contributed by atoms with van der Waals surface area (Å²) in [5.74, 6) is 0. The molecule has 0 N–H and O–H groups in total. The number of ether oxygens (including phenoxy) is 1. The van der Waals surface area contributed by atoms with Gasteiger partial charge in [0.25, 0.3) is 0 Å². The fraction of sp³-hybridized carbons (Fsp3) is 1.00. The summed E-state index contributed by atoms with van der Waals surface area (Å²) in [6.45, 7) is -0.990. The summed E-state index contributed by atoms with van der Waals surface area (Å²) in [7, 11) is 0. The van der Waals surface area contributed by atoms with E-state index in [1.165, 1.54) is 0 Å². The number of hydrogen-bond acceptors (Lipinski definition) is 1. The van der Waals surface area contributed by atoms with Crippen LogP contribution in [0.4, 0.5) is 0 Å². The van der Waals surface area contributed by atoms with Gasteiger partial charge in [0, 0.05) is 2.74 Å². The molecule has 5 heavy (non-hydrogen) atoms. The highest BCUT2D eigenvalue weighted by molar-refractivity contribution is 4.64. The van der Waals surface area contributed by atoms with Crippen LogP contribution in [0, 0.1) is 0 Å². The van der Waals surface area contributed by atoms with Crippen molar-refractivity contribution in [3.05, 3.63) is 0 Å². The van der Waals surface area contributed by atoms with Crippen molar-refractivity contribution in [1.82, 2.24) is 0 Å². The molecular weight excluding hydrogens is 64.0 g/mol. The van der Waals surface area contributed by atoms with Crippen molar-refractivity contribution >= 4 is 0 Å². The summed E-state index contributed by atoms with van der Waals surface area (Å²) in [5, 5.41) is 0. The Morgan fingerprint density at radius 3 is 3.40 bits per heavy atom. The van der Waals surface area contributed by atoms with Crippen molar-refractivity contribution in [3.63, 3.8) is 0 Å². The molecule has 1 aliphatic rings. The van der Waals surface area contributed by atoms with E-state index in [9.17, 15) is 0 Å². The van der Waals surface area contributed by atoms with Gasteiger partial charge in [-0.3, -0.25) is 0 Å². The summed E-state index contributed by atoms with van der Waals surface area (Å²) < 4.78 is 39.2. The molecule has 30 valence electrons. The number of hydrogen-bond donors (Lipinski definition) is 0. The van der Waals surface area contributed by atoms with Crippen molar-refractivity contribution in [3.8, 4) is 0 Å². The first kappa shape index (κ1) is 0.784. The molecule has 0 amide bonds.